The monoisotopic (exact) mass is 401 g/mol. The van der Waals surface area contributed by atoms with E-state index in [-0.39, 0.29) is 28.5 Å². The number of nitrogens with zero attached hydrogens (tertiary/aromatic N) is 1. The van der Waals surface area contributed by atoms with Crippen LogP contribution in [-0.2, 0) is 4.79 Å². The summed E-state index contributed by atoms with van der Waals surface area (Å²) < 4.78 is 15.8. The van der Waals surface area contributed by atoms with Crippen molar-refractivity contribution in [1.82, 2.24) is 4.57 Å². The maximum Gasteiger partial charge on any atom is 0.306 e. The Kier molecular flexibility index (Phi) is 4.58. The van der Waals surface area contributed by atoms with E-state index in [0.717, 1.165) is 27.8 Å². The van der Waals surface area contributed by atoms with E-state index in [0.29, 0.717) is 12.8 Å². The number of carboxylic acid groups (broad SMARTS) is 1. The van der Waals surface area contributed by atoms with Crippen LogP contribution in [0.5, 0.6) is 5.75 Å². The van der Waals surface area contributed by atoms with Gasteiger partial charge in [-0.25, -0.2) is 4.39 Å². The Hall–Kier alpha value is -2.53. The van der Waals surface area contributed by atoms with Crippen molar-refractivity contribution < 1.29 is 19.4 Å². The van der Waals surface area contributed by atoms with E-state index in [4.69, 9.17) is 11.6 Å². The Morgan fingerprint density at radius 3 is 2.54 bits per heavy atom. The molecule has 4 rings (SSSR count). The average Bonchev–Trinajstić information content (AvgIpc) is 2.90. The van der Waals surface area contributed by atoms with Crippen molar-refractivity contribution in [2.75, 3.05) is 0 Å². The summed E-state index contributed by atoms with van der Waals surface area (Å²) in [6.45, 7) is 4.15. The molecule has 0 atom stereocenters. The first-order valence-electron chi connectivity index (χ1n) is 9.33. The highest BCUT2D eigenvalue weighted by atomic mass is 35.5. The molecule has 2 aromatic carbocycles. The Labute approximate surface area is 167 Å². The fourth-order valence-electron chi connectivity index (χ4n) is 4.28. The van der Waals surface area contributed by atoms with Crippen LogP contribution in [0.4, 0.5) is 4.39 Å². The predicted molar refractivity (Wildman–Crippen MR) is 107 cm³/mol. The maximum atomic E-state index is 13.7. The minimum atomic E-state index is -0.765. The molecule has 0 aliphatic heterocycles. The molecule has 0 radical (unpaired) electrons. The molecule has 0 saturated heterocycles. The first-order chi connectivity index (χ1) is 13.3. The molecule has 1 saturated carbocycles. The van der Waals surface area contributed by atoms with E-state index in [2.05, 4.69) is 13.8 Å². The second-order valence-corrected chi connectivity index (χ2v) is 8.20. The number of hydrogen-bond donors (Lipinski definition) is 2. The quantitative estimate of drug-likeness (QED) is 0.578. The van der Waals surface area contributed by atoms with Gasteiger partial charge in [0.2, 0.25) is 0 Å². The molecule has 0 spiro atoms. The molecular weight excluding hydrogens is 381 g/mol. The van der Waals surface area contributed by atoms with Gasteiger partial charge in [0.05, 0.1) is 16.5 Å². The minimum Gasteiger partial charge on any atom is -0.508 e. The Bertz CT molecular complexity index is 1080. The smallest absolute Gasteiger partial charge is 0.306 e. The van der Waals surface area contributed by atoms with Gasteiger partial charge in [-0.1, -0.05) is 25.4 Å². The van der Waals surface area contributed by atoms with Crippen molar-refractivity contribution in [3.63, 3.8) is 0 Å². The number of carbonyl (C=O) groups is 1. The number of carboxylic acids is 1. The fourth-order valence-corrected chi connectivity index (χ4v) is 4.45. The lowest BCUT2D eigenvalue weighted by Crippen LogP contribution is -2.29. The zero-order chi connectivity index (χ0) is 20.2. The largest absolute Gasteiger partial charge is 0.508 e. The van der Waals surface area contributed by atoms with Gasteiger partial charge in [0, 0.05) is 16.8 Å². The van der Waals surface area contributed by atoms with Crippen molar-refractivity contribution in [3.05, 3.63) is 58.5 Å². The first kappa shape index (κ1) is 18.8. The van der Waals surface area contributed by atoms with Gasteiger partial charge in [0.15, 0.2) is 0 Å². The van der Waals surface area contributed by atoms with Gasteiger partial charge < -0.3 is 14.8 Å². The van der Waals surface area contributed by atoms with Gasteiger partial charge >= 0.3 is 5.97 Å². The topological polar surface area (TPSA) is 62.5 Å². The number of benzene rings is 2. The third kappa shape index (κ3) is 2.94. The molecule has 1 heterocycles. The molecule has 0 bridgehead atoms. The summed E-state index contributed by atoms with van der Waals surface area (Å²) in [5.41, 5.74) is 3.74. The molecule has 28 heavy (non-hydrogen) atoms. The average molecular weight is 402 g/mol. The highest BCUT2D eigenvalue weighted by molar-refractivity contribution is 6.30. The van der Waals surface area contributed by atoms with Crippen LogP contribution in [0.1, 0.15) is 49.8 Å². The number of phenolic OH excluding ortho intramolecular Hbond substituents is 1. The van der Waals surface area contributed by atoms with Crippen LogP contribution in [0, 0.1) is 11.7 Å². The van der Waals surface area contributed by atoms with E-state index in [9.17, 15) is 19.4 Å². The van der Waals surface area contributed by atoms with E-state index in [1.54, 1.807) is 24.3 Å². The molecule has 3 aromatic rings. The SMILES string of the molecule is CC(C)c1c([C@H]2C[C@H](C(=O)O)C2)c2cc(O)ccc2n1-c1ccc(F)c(Cl)c1. The lowest BCUT2D eigenvalue weighted by atomic mass is 9.70. The summed E-state index contributed by atoms with van der Waals surface area (Å²) >= 11 is 6.04. The molecular formula is C22H21ClFNO3. The third-order valence-electron chi connectivity index (χ3n) is 5.63. The highest BCUT2D eigenvalue weighted by Crippen LogP contribution is 2.49. The molecule has 0 unspecified atom stereocenters. The number of fused-ring (bicyclic) bond motifs is 1. The van der Waals surface area contributed by atoms with Crippen LogP contribution in [0.25, 0.3) is 16.6 Å². The number of phenols is 1. The van der Waals surface area contributed by atoms with E-state index < -0.39 is 11.8 Å². The van der Waals surface area contributed by atoms with Gasteiger partial charge in [-0.2, -0.15) is 0 Å². The highest BCUT2D eigenvalue weighted by Gasteiger charge is 2.39. The van der Waals surface area contributed by atoms with Crippen molar-refractivity contribution in [2.24, 2.45) is 5.92 Å². The molecule has 0 amide bonds. The summed E-state index contributed by atoms with van der Waals surface area (Å²) in [6, 6.07) is 9.82. The van der Waals surface area contributed by atoms with Gasteiger partial charge in [-0.15, -0.1) is 0 Å². The number of halogens is 2. The molecule has 1 aliphatic rings. The molecule has 1 aromatic heterocycles. The van der Waals surface area contributed by atoms with Crippen LogP contribution in [0.15, 0.2) is 36.4 Å². The second kappa shape index (κ2) is 6.82. The van der Waals surface area contributed by atoms with Crippen molar-refractivity contribution >= 4 is 28.5 Å². The summed E-state index contributed by atoms with van der Waals surface area (Å²) in [7, 11) is 0. The lowest BCUT2D eigenvalue weighted by molar-refractivity contribution is -0.145. The number of rotatable bonds is 4. The molecule has 4 nitrogen and oxygen atoms in total. The summed E-state index contributed by atoms with van der Waals surface area (Å²) in [5.74, 6) is -1.17. The number of hydrogen-bond acceptors (Lipinski definition) is 2. The minimum absolute atomic E-state index is 0.0453. The summed E-state index contributed by atoms with van der Waals surface area (Å²) in [6.07, 6.45) is 1.15. The van der Waals surface area contributed by atoms with Crippen molar-refractivity contribution in [3.8, 4) is 11.4 Å². The number of aromatic nitrogens is 1. The normalized spacial score (nSPS) is 19.2. The Morgan fingerprint density at radius 2 is 1.93 bits per heavy atom. The molecule has 6 heteroatoms. The van der Waals surface area contributed by atoms with E-state index in [1.807, 2.05) is 10.6 Å². The van der Waals surface area contributed by atoms with Crippen LogP contribution < -0.4 is 0 Å². The first-order valence-corrected chi connectivity index (χ1v) is 9.71. The van der Waals surface area contributed by atoms with Crippen molar-refractivity contribution in [2.45, 2.75) is 38.5 Å². The van der Waals surface area contributed by atoms with Crippen molar-refractivity contribution in [1.29, 1.82) is 0 Å². The van der Waals surface area contributed by atoms with Gasteiger partial charge in [-0.05, 0) is 66.6 Å². The number of aromatic hydroxyl groups is 1. The van der Waals surface area contributed by atoms with E-state index >= 15 is 0 Å². The maximum absolute atomic E-state index is 13.7. The Balaban J connectivity index is 1.98. The zero-order valence-corrected chi connectivity index (χ0v) is 16.4. The van der Waals surface area contributed by atoms with Gasteiger partial charge in [0.1, 0.15) is 11.6 Å². The third-order valence-corrected chi connectivity index (χ3v) is 5.92. The van der Waals surface area contributed by atoms with Gasteiger partial charge in [0.25, 0.3) is 0 Å². The predicted octanol–water partition coefficient (Wildman–Crippen LogP) is 5.83. The van der Waals surface area contributed by atoms with Crippen LogP contribution in [0.3, 0.4) is 0 Å². The second-order valence-electron chi connectivity index (χ2n) is 7.79. The lowest BCUT2D eigenvalue weighted by Gasteiger charge is -2.34. The van der Waals surface area contributed by atoms with Crippen LogP contribution in [0.2, 0.25) is 5.02 Å². The fraction of sp³-hybridized carbons (Fsp3) is 0.318. The molecule has 2 N–H and O–H groups in total. The van der Waals surface area contributed by atoms with Gasteiger partial charge in [-0.3, -0.25) is 4.79 Å². The number of aliphatic carboxylic acids is 1. The molecule has 1 aliphatic carbocycles. The van der Waals surface area contributed by atoms with E-state index in [1.165, 1.54) is 6.07 Å². The zero-order valence-electron chi connectivity index (χ0n) is 15.6. The Morgan fingerprint density at radius 1 is 1.21 bits per heavy atom. The summed E-state index contributed by atoms with van der Waals surface area (Å²) in [5, 5.41) is 20.3. The molecule has 146 valence electrons. The van der Waals surface area contributed by atoms with Crippen LogP contribution >= 0.6 is 11.6 Å². The standard InChI is InChI=1S/C22H21ClFNO3/c1-11(2)21-20(12-7-13(8-12)22(27)28)16-10-15(26)4-6-19(16)25(21)14-3-5-18(24)17(23)9-14/h3-6,9-13,26H,7-8H2,1-2H3,(H,27,28)/t12-,13-. The van der Waals surface area contributed by atoms with Crippen LogP contribution in [-0.4, -0.2) is 20.7 Å². The summed E-state index contributed by atoms with van der Waals surface area (Å²) in [4.78, 5) is 11.3. The molecule has 1 fully saturated rings.